The van der Waals surface area contributed by atoms with E-state index in [-0.39, 0.29) is 11.8 Å². The van der Waals surface area contributed by atoms with E-state index in [0.717, 1.165) is 28.6 Å². The minimum Gasteiger partial charge on any atom is -0.497 e. The first-order valence-electron chi connectivity index (χ1n) is 11.7. The highest BCUT2D eigenvalue weighted by Crippen LogP contribution is 2.38. The topological polar surface area (TPSA) is 61.7 Å². The molecular formula is C29H32N2O4. The van der Waals surface area contributed by atoms with Crippen molar-refractivity contribution in [3.63, 3.8) is 0 Å². The predicted molar refractivity (Wildman–Crippen MR) is 138 cm³/mol. The van der Waals surface area contributed by atoms with Crippen LogP contribution in [0, 0.1) is 0 Å². The normalized spacial score (nSPS) is 11.9. The summed E-state index contributed by atoms with van der Waals surface area (Å²) in [5.41, 5.74) is 4.40. The molecule has 35 heavy (non-hydrogen) atoms. The van der Waals surface area contributed by atoms with Gasteiger partial charge in [-0.1, -0.05) is 48.5 Å². The molecule has 0 bridgehead atoms. The molecule has 0 aliphatic rings. The Morgan fingerprint density at radius 1 is 0.914 bits per heavy atom. The Morgan fingerprint density at radius 2 is 1.60 bits per heavy atom. The molecule has 0 fully saturated rings. The van der Waals surface area contributed by atoms with Gasteiger partial charge in [0.1, 0.15) is 11.5 Å². The van der Waals surface area contributed by atoms with E-state index in [1.165, 1.54) is 5.56 Å². The molecule has 3 aromatic carbocycles. The highest BCUT2D eigenvalue weighted by molar-refractivity contribution is 5.87. The molecule has 4 aromatic rings. The maximum absolute atomic E-state index is 13.0. The number of carbonyl (C=O) groups excluding carboxylic acids is 1. The molecule has 182 valence electrons. The van der Waals surface area contributed by atoms with E-state index in [1.807, 2.05) is 30.3 Å². The van der Waals surface area contributed by atoms with E-state index in [0.29, 0.717) is 31.1 Å². The zero-order valence-electron chi connectivity index (χ0n) is 20.5. The van der Waals surface area contributed by atoms with Gasteiger partial charge in [0, 0.05) is 55.7 Å². The monoisotopic (exact) mass is 472 g/mol. The summed E-state index contributed by atoms with van der Waals surface area (Å²) in [4.78, 5) is 13.0. The summed E-state index contributed by atoms with van der Waals surface area (Å²) in [7, 11) is 4.90. The summed E-state index contributed by atoms with van der Waals surface area (Å²) in [5.74, 6) is 1.16. The molecule has 0 saturated carbocycles. The lowest BCUT2D eigenvalue weighted by Crippen LogP contribution is -2.28. The van der Waals surface area contributed by atoms with Crippen LogP contribution in [0.25, 0.3) is 10.9 Å². The third kappa shape index (κ3) is 5.84. The first-order chi connectivity index (χ1) is 17.1. The molecule has 1 amide bonds. The molecule has 0 spiro atoms. The lowest BCUT2D eigenvalue weighted by Gasteiger charge is -2.19. The van der Waals surface area contributed by atoms with Gasteiger partial charge in [-0.2, -0.15) is 0 Å². The van der Waals surface area contributed by atoms with Crippen LogP contribution in [0.2, 0.25) is 0 Å². The third-order valence-electron chi connectivity index (χ3n) is 6.18. The van der Waals surface area contributed by atoms with Crippen molar-refractivity contribution in [3.05, 3.63) is 95.7 Å². The number of methoxy groups -OCH3 is 3. The van der Waals surface area contributed by atoms with Gasteiger partial charge in [0.25, 0.3) is 0 Å². The average molecular weight is 473 g/mol. The van der Waals surface area contributed by atoms with Crippen molar-refractivity contribution in [2.75, 3.05) is 34.5 Å². The molecule has 6 nitrogen and oxygen atoms in total. The fraction of sp³-hybridized carbons (Fsp3) is 0.276. The first-order valence-corrected chi connectivity index (χ1v) is 11.7. The summed E-state index contributed by atoms with van der Waals surface area (Å²) < 4.78 is 18.4. The van der Waals surface area contributed by atoms with Gasteiger partial charge in [0.2, 0.25) is 5.91 Å². The Morgan fingerprint density at radius 3 is 2.29 bits per heavy atom. The van der Waals surface area contributed by atoms with Crippen LogP contribution in [0.15, 0.2) is 79.0 Å². The number of ether oxygens (including phenoxy) is 3. The first kappa shape index (κ1) is 24.4. The Labute approximate surface area is 206 Å². The van der Waals surface area contributed by atoms with Gasteiger partial charge >= 0.3 is 0 Å². The SMILES string of the molecule is COCCNC(=O)CC(c1cc(OC)cc(OC)c1)c1cn(Cc2ccccc2)c2ccccc12. The minimum absolute atomic E-state index is 0.0336. The smallest absolute Gasteiger partial charge is 0.221 e. The summed E-state index contributed by atoms with van der Waals surface area (Å²) in [6.07, 6.45) is 2.47. The van der Waals surface area contributed by atoms with Crippen molar-refractivity contribution in [1.82, 2.24) is 9.88 Å². The van der Waals surface area contributed by atoms with Crippen LogP contribution < -0.4 is 14.8 Å². The second-order valence-corrected chi connectivity index (χ2v) is 8.46. The van der Waals surface area contributed by atoms with Gasteiger partial charge in [0.15, 0.2) is 0 Å². The number of benzene rings is 3. The van der Waals surface area contributed by atoms with Crippen LogP contribution in [0.4, 0.5) is 0 Å². The van der Waals surface area contributed by atoms with E-state index in [9.17, 15) is 4.79 Å². The summed E-state index contributed by atoms with van der Waals surface area (Å²) >= 11 is 0. The number of rotatable bonds is 11. The zero-order chi connectivity index (χ0) is 24.6. The lowest BCUT2D eigenvalue weighted by molar-refractivity contribution is -0.121. The van der Waals surface area contributed by atoms with Crippen LogP contribution in [0.3, 0.4) is 0 Å². The maximum Gasteiger partial charge on any atom is 0.221 e. The number of aromatic nitrogens is 1. The standard InChI is InChI=1S/C29H32N2O4/c1-33-14-13-30-29(32)18-26(22-15-23(34-2)17-24(16-22)35-3)27-20-31(19-21-9-5-4-6-10-21)28-12-8-7-11-25(27)28/h4-12,15-17,20,26H,13-14,18-19H2,1-3H3,(H,30,32). The van der Waals surface area contributed by atoms with Gasteiger partial charge in [0.05, 0.1) is 20.8 Å². The molecule has 6 heteroatoms. The Kier molecular flexibility index (Phi) is 8.06. The molecule has 1 atom stereocenters. The number of hydrogen-bond donors (Lipinski definition) is 1. The molecule has 4 rings (SSSR count). The van der Waals surface area contributed by atoms with E-state index < -0.39 is 0 Å². The summed E-state index contributed by atoms with van der Waals surface area (Å²) in [6.45, 7) is 1.69. The molecular weight excluding hydrogens is 440 g/mol. The number of amides is 1. The van der Waals surface area contributed by atoms with Crippen LogP contribution in [0.1, 0.15) is 29.0 Å². The number of nitrogens with one attached hydrogen (secondary N) is 1. The quantitative estimate of drug-likeness (QED) is 0.313. The highest BCUT2D eigenvalue weighted by atomic mass is 16.5. The van der Waals surface area contributed by atoms with E-state index in [2.05, 4.69) is 58.5 Å². The van der Waals surface area contributed by atoms with Crippen LogP contribution in [0.5, 0.6) is 11.5 Å². The van der Waals surface area contributed by atoms with Crippen molar-refractivity contribution >= 4 is 16.8 Å². The summed E-state index contributed by atoms with van der Waals surface area (Å²) in [5, 5.41) is 4.10. The third-order valence-corrected chi connectivity index (χ3v) is 6.18. The van der Waals surface area contributed by atoms with E-state index >= 15 is 0 Å². The maximum atomic E-state index is 13.0. The average Bonchev–Trinajstić information content (AvgIpc) is 3.25. The minimum atomic E-state index is -0.191. The number of hydrogen-bond acceptors (Lipinski definition) is 4. The second-order valence-electron chi connectivity index (χ2n) is 8.46. The molecule has 0 saturated heterocycles. The number of carbonyl (C=O) groups is 1. The van der Waals surface area contributed by atoms with E-state index in [1.54, 1.807) is 21.3 Å². The van der Waals surface area contributed by atoms with Crippen LogP contribution >= 0.6 is 0 Å². The molecule has 0 aliphatic carbocycles. The number of para-hydroxylation sites is 1. The van der Waals surface area contributed by atoms with Gasteiger partial charge < -0.3 is 24.1 Å². The van der Waals surface area contributed by atoms with E-state index in [4.69, 9.17) is 14.2 Å². The largest absolute Gasteiger partial charge is 0.497 e. The second kappa shape index (κ2) is 11.6. The van der Waals surface area contributed by atoms with Crippen LogP contribution in [-0.4, -0.2) is 45.0 Å². The van der Waals surface area contributed by atoms with Gasteiger partial charge in [-0.3, -0.25) is 4.79 Å². The zero-order valence-corrected chi connectivity index (χ0v) is 20.5. The predicted octanol–water partition coefficient (Wildman–Crippen LogP) is 4.99. The lowest BCUT2D eigenvalue weighted by atomic mass is 9.87. The van der Waals surface area contributed by atoms with Crippen molar-refractivity contribution in [3.8, 4) is 11.5 Å². The van der Waals surface area contributed by atoms with Gasteiger partial charge in [-0.15, -0.1) is 0 Å². The molecule has 1 aromatic heterocycles. The number of nitrogens with zero attached hydrogens (tertiary/aromatic N) is 1. The van der Waals surface area contributed by atoms with Crippen molar-refractivity contribution in [2.24, 2.45) is 0 Å². The fourth-order valence-corrected chi connectivity index (χ4v) is 4.45. The molecule has 1 heterocycles. The Balaban J connectivity index is 1.80. The molecule has 1 N–H and O–H groups in total. The van der Waals surface area contributed by atoms with Gasteiger partial charge in [-0.05, 0) is 34.9 Å². The number of fused-ring (bicyclic) bond motifs is 1. The van der Waals surface area contributed by atoms with Gasteiger partial charge in [-0.25, -0.2) is 0 Å². The summed E-state index contributed by atoms with van der Waals surface area (Å²) in [6, 6.07) is 24.5. The Bertz CT molecular complexity index is 1240. The molecule has 0 aliphatic heterocycles. The fourth-order valence-electron chi connectivity index (χ4n) is 4.45. The van der Waals surface area contributed by atoms with Crippen molar-refractivity contribution in [1.29, 1.82) is 0 Å². The Hall–Kier alpha value is -3.77. The van der Waals surface area contributed by atoms with Crippen LogP contribution in [-0.2, 0) is 16.1 Å². The molecule has 0 radical (unpaired) electrons. The highest BCUT2D eigenvalue weighted by Gasteiger charge is 2.24. The van der Waals surface area contributed by atoms with Crippen molar-refractivity contribution < 1.29 is 19.0 Å². The van der Waals surface area contributed by atoms with Crippen molar-refractivity contribution in [2.45, 2.75) is 18.9 Å². The molecule has 1 unspecified atom stereocenters.